The van der Waals surface area contributed by atoms with Crippen molar-refractivity contribution in [1.82, 2.24) is 0 Å². The molecule has 0 aromatic carbocycles. The van der Waals surface area contributed by atoms with Crippen LogP contribution in [0, 0.1) is 0 Å². The fraction of sp³-hybridized carbons (Fsp3) is 0.700. The Morgan fingerprint density at radius 1 is 1.54 bits per heavy atom. The number of rotatable bonds is 5. The van der Waals surface area contributed by atoms with Gasteiger partial charge in [-0.05, 0) is 19.9 Å². The quantitative estimate of drug-likeness (QED) is 0.366. The zero-order valence-corrected chi connectivity index (χ0v) is 9.04. The number of esters is 1. The molecule has 76 valence electrons. The fourth-order valence-corrected chi connectivity index (χ4v) is 1.06. The molecular weight excluding hydrogens is 166 g/mol. The molecule has 0 bridgehead atoms. The second kappa shape index (κ2) is 5.02. The van der Waals surface area contributed by atoms with Crippen molar-refractivity contribution < 1.29 is 14.0 Å². The van der Waals surface area contributed by atoms with Crippen LogP contribution in [0.25, 0.3) is 0 Å². The molecule has 13 heavy (non-hydrogen) atoms. The first kappa shape index (κ1) is 12.2. The lowest BCUT2D eigenvalue weighted by Crippen LogP contribution is -2.44. The summed E-state index contributed by atoms with van der Waals surface area (Å²) in [6.45, 7) is 8.52. The van der Waals surface area contributed by atoms with Crippen molar-refractivity contribution >= 4 is 5.97 Å². The number of carbonyl (C=O) groups excluding carboxylic acids is 1. The van der Waals surface area contributed by atoms with Gasteiger partial charge in [-0.15, -0.1) is 0 Å². The van der Waals surface area contributed by atoms with Gasteiger partial charge in [0.1, 0.15) is 0 Å². The Kier molecular flexibility index (Phi) is 4.70. The molecule has 0 amide bonds. The highest BCUT2D eigenvalue weighted by Crippen LogP contribution is 1.99. The fourth-order valence-electron chi connectivity index (χ4n) is 1.06. The first-order valence-electron chi connectivity index (χ1n) is 4.50. The first-order valence-corrected chi connectivity index (χ1v) is 4.50. The lowest BCUT2D eigenvalue weighted by atomic mass is 10.4. The average molecular weight is 186 g/mol. The predicted octanol–water partition coefficient (Wildman–Crippen LogP) is 1.20. The van der Waals surface area contributed by atoms with Crippen LogP contribution < -0.4 is 0 Å². The number of likely N-dealkylation sites (N-methyl/N-ethyl adjacent to an activating group) is 1. The van der Waals surface area contributed by atoms with Crippen molar-refractivity contribution in [1.29, 1.82) is 0 Å². The van der Waals surface area contributed by atoms with Gasteiger partial charge in [-0.2, -0.15) is 0 Å². The van der Waals surface area contributed by atoms with Crippen LogP contribution >= 0.6 is 0 Å². The normalized spacial score (nSPS) is 11.5. The lowest BCUT2D eigenvalue weighted by Gasteiger charge is -2.27. The Morgan fingerprint density at radius 3 is 2.46 bits per heavy atom. The molecule has 0 saturated carbocycles. The van der Waals surface area contributed by atoms with Crippen LogP contribution in [0.1, 0.15) is 13.8 Å². The molecule has 0 saturated heterocycles. The van der Waals surface area contributed by atoms with E-state index in [-0.39, 0.29) is 12.1 Å². The first-order chi connectivity index (χ1) is 5.87. The highest BCUT2D eigenvalue weighted by molar-refractivity contribution is 5.70. The van der Waals surface area contributed by atoms with Crippen molar-refractivity contribution in [3.63, 3.8) is 0 Å². The molecule has 3 nitrogen and oxygen atoms in total. The van der Waals surface area contributed by atoms with Crippen molar-refractivity contribution in [2.45, 2.75) is 20.0 Å². The second-order valence-corrected chi connectivity index (χ2v) is 4.10. The molecule has 0 fully saturated rings. The average Bonchev–Trinajstić information content (AvgIpc) is 1.81. The lowest BCUT2D eigenvalue weighted by molar-refractivity contribution is -0.877. The van der Waals surface area contributed by atoms with Gasteiger partial charge in [-0.3, -0.25) is 0 Å². The monoisotopic (exact) mass is 186 g/mol. The third-order valence-corrected chi connectivity index (χ3v) is 1.55. The SMILES string of the molecule is C=CC[N+](C)(C)CC(=O)OC(C)C. The maximum Gasteiger partial charge on any atom is 0.362 e. The van der Waals surface area contributed by atoms with Gasteiger partial charge in [0.2, 0.25) is 0 Å². The topological polar surface area (TPSA) is 26.3 Å². The Labute approximate surface area is 80.6 Å². The maximum atomic E-state index is 11.3. The van der Waals surface area contributed by atoms with E-state index in [9.17, 15) is 4.79 Å². The van der Waals surface area contributed by atoms with Crippen molar-refractivity contribution in [3.05, 3.63) is 12.7 Å². The number of ether oxygens (including phenoxy) is 1. The summed E-state index contributed by atoms with van der Waals surface area (Å²) in [4.78, 5) is 11.3. The van der Waals surface area contributed by atoms with Gasteiger partial charge in [-0.25, -0.2) is 4.79 Å². The van der Waals surface area contributed by atoms with E-state index >= 15 is 0 Å². The standard InChI is InChI=1S/C10H20NO2/c1-6-7-11(4,5)8-10(12)13-9(2)3/h6,9H,1,7-8H2,2-5H3/q+1. The third kappa shape index (κ3) is 6.34. The van der Waals surface area contributed by atoms with E-state index in [0.29, 0.717) is 11.0 Å². The highest BCUT2D eigenvalue weighted by atomic mass is 16.5. The van der Waals surface area contributed by atoms with Crippen LogP contribution in [0.2, 0.25) is 0 Å². The molecule has 0 N–H and O–H groups in total. The molecule has 0 radical (unpaired) electrons. The van der Waals surface area contributed by atoms with Crippen LogP contribution in [0.15, 0.2) is 12.7 Å². The molecule has 0 rings (SSSR count). The van der Waals surface area contributed by atoms with Crippen molar-refractivity contribution in [2.75, 3.05) is 27.2 Å². The molecule has 0 aliphatic heterocycles. The maximum absolute atomic E-state index is 11.3. The van der Waals surface area contributed by atoms with E-state index in [1.165, 1.54) is 0 Å². The molecule has 3 heteroatoms. The van der Waals surface area contributed by atoms with E-state index in [4.69, 9.17) is 4.74 Å². The van der Waals surface area contributed by atoms with Crippen LogP contribution in [0.3, 0.4) is 0 Å². The van der Waals surface area contributed by atoms with Gasteiger partial charge < -0.3 is 9.22 Å². The number of hydrogen-bond donors (Lipinski definition) is 0. The third-order valence-electron chi connectivity index (χ3n) is 1.55. The van der Waals surface area contributed by atoms with Crippen LogP contribution in [-0.2, 0) is 9.53 Å². The molecule has 0 aromatic rings. The largest absolute Gasteiger partial charge is 0.459 e. The molecule has 0 unspecified atom stereocenters. The summed E-state index contributed by atoms with van der Waals surface area (Å²) in [7, 11) is 3.95. The number of hydrogen-bond acceptors (Lipinski definition) is 2. The minimum Gasteiger partial charge on any atom is -0.459 e. The minimum absolute atomic E-state index is 0.0313. The minimum atomic E-state index is -0.151. The highest BCUT2D eigenvalue weighted by Gasteiger charge is 2.19. The van der Waals surface area contributed by atoms with Crippen LogP contribution in [-0.4, -0.2) is 43.7 Å². The molecule has 0 heterocycles. The second-order valence-electron chi connectivity index (χ2n) is 4.10. The van der Waals surface area contributed by atoms with Crippen molar-refractivity contribution in [3.8, 4) is 0 Å². The van der Waals surface area contributed by atoms with E-state index in [1.807, 2.05) is 34.0 Å². The Balaban J connectivity index is 3.96. The Bertz CT molecular complexity index is 185. The summed E-state index contributed by atoms with van der Waals surface area (Å²) >= 11 is 0. The van der Waals surface area contributed by atoms with E-state index in [0.717, 1.165) is 6.54 Å². The molecule has 0 spiro atoms. The molecule has 0 aliphatic rings. The summed E-state index contributed by atoms with van der Waals surface area (Å²) < 4.78 is 5.64. The molecular formula is C10H20NO2+. The Hall–Kier alpha value is -0.830. The number of quaternary nitrogens is 1. The molecule has 0 aromatic heterocycles. The van der Waals surface area contributed by atoms with E-state index in [1.54, 1.807) is 0 Å². The van der Waals surface area contributed by atoms with E-state index in [2.05, 4.69) is 6.58 Å². The Morgan fingerprint density at radius 2 is 2.08 bits per heavy atom. The summed E-state index contributed by atoms with van der Waals surface area (Å²) in [6.07, 6.45) is 1.78. The van der Waals surface area contributed by atoms with Gasteiger partial charge >= 0.3 is 5.97 Å². The molecule has 0 aliphatic carbocycles. The summed E-state index contributed by atoms with van der Waals surface area (Å²) in [6, 6.07) is 0. The summed E-state index contributed by atoms with van der Waals surface area (Å²) in [5.74, 6) is -0.151. The van der Waals surface area contributed by atoms with Gasteiger partial charge in [0.05, 0.1) is 26.7 Å². The number of carbonyl (C=O) groups is 1. The number of nitrogens with zero attached hydrogens (tertiary/aromatic N) is 1. The summed E-state index contributed by atoms with van der Waals surface area (Å²) in [5.41, 5.74) is 0. The summed E-state index contributed by atoms with van der Waals surface area (Å²) in [5, 5.41) is 0. The smallest absolute Gasteiger partial charge is 0.362 e. The zero-order chi connectivity index (χ0) is 10.5. The van der Waals surface area contributed by atoms with Gasteiger partial charge in [0.25, 0.3) is 0 Å². The zero-order valence-electron chi connectivity index (χ0n) is 9.04. The van der Waals surface area contributed by atoms with Crippen molar-refractivity contribution in [2.24, 2.45) is 0 Å². The molecule has 0 atom stereocenters. The van der Waals surface area contributed by atoms with Gasteiger partial charge in [0.15, 0.2) is 6.54 Å². The van der Waals surface area contributed by atoms with Gasteiger partial charge in [0, 0.05) is 0 Å². The predicted molar refractivity (Wildman–Crippen MR) is 53.3 cm³/mol. The van der Waals surface area contributed by atoms with Gasteiger partial charge in [-0.1, -0.05) is 6.58 Å². The van der Waals surface area contributed by atoms with Crippen LogP contribution in [0.5, 0.6) is 0 Å². The van der Waals surface area contributed by atoms with Crippen LogP contribution in [0.4, 0.5) is 0 Å². The van der Waals surface area contributed by atoms with E-state index < -0.39 is 0 Å².